The molecule has 0 aliphatic heterocycles. The van der Waals surface area contributed by atoms with Gasteiger partial charge in [-0.15, -0.1) is 0 Å². The van der Waals surface area contributed by atoms with E-state index >= 15 is 0 Å². The summed E-state index contributed by atoms with van der Waals surface area (Å²) < 4.78 is 22.7. The number of methoxy groups -OCH3 is 3. The molecule has 30 heavy (non-hydrogen) atoms. The van der Waals surface area contributed by atoms with Gasteiger partial charge >= 0.3 is 5.97 Å². The van der Waals surface area contributed by atoms with Crippen LogP contribution in [0.3, 0.4) is 0 Å². The van der Waals surface area contributed by atoms with Gasteiger partial charge in [0.2, 0.25) is 5.75 Å². The molecule has 0 saturated heterocycles. The van der Waals surface area contributed by atoms with E-state index in [9.17, 15) is 9.59 Å². The molecule has 0 N–H and O–H groups in total. The first kappa shape index (κ1) is 21.2. The van der Waals surface area contributed by atoms with E-state index in [-0.39, 0.29) is 18.6 Å². The zero-order valence-electron chi connectivity index (χ0n) is 17.4. The predicted octanol–water partition coefficient (Wildman–Crippen LogP) is 2.70. The van der Waals surface area contributed by atoms with Crippen LogP contribution in [0.25, 0.3) is 5.65 Å². The lowest BCUT2D eigenvalue weighted by molar-refractivity contribution is -0.145. The van der Waals surface area contributed by atoms with Crippen molar-refractivity contribution in [3.05, 3.63) is 63.7 Å². The first-order chi connectivity index (χ1) is 14.4. The molecule has 8 heteroatoms. The molecule has 3 aromatic rings. The van der Waals surface area contributed by atoms with Crippen LogP contribution in [0.5, 0.6) is 17.2 Å². The second kappa shape index (κ2) is 9.30. The van der Waals surface area contributed by atoms with E-state index in [0.717, 1.165) is 11.1 Å². The lowest BCUT2D eigenvalue weighted by Gasteiger charge is -2.14. The first-order valence-electron chi connectivity index (χ1n) is 9.38. The highest BCUT2D eigenvalue weighted by Crippen LogP contribution is 2.38. The van der Waals surface area contributed by atoms with Gasteiger partial charge in [0.25, 0.3) is 5.56 Å². The van der Waals surface area contributed by atoms with Crippen molar-refractivity contribution in [3.8, 4) is 17.2 Å². The van der Waals surface area contributed by atoms with E-state index in [1.807, 2.05) is 13.0 Å². The molecule has 0 unspecified atom stereocenters. The van der Waals surface area contributed by atoms with E-state index in [1.54, 1.807) is 24.4 Å². The third-order valence-corrected chi connectivity index (χ3v) is 4.58. The van der Waals surface area contributed by atoms with Crippen molar-refractivity contribution >= 4 is 11.6 Å². The summed E-state index contributed by atoms with van der Waals surface area (Å²) in [6.07, 6.45) is 2.31. The van der Waals surface area contributed by atoms with Gasteiger partial charge in [-0.05, 0) is 42.7 Å². The number of nitrogens with zero attached hydrogens (tertiary/aromatic N) is 2. The molecule has 158 valence electrons. The Morgan fingerprint density at radius 1 is 1.03 bits per heavy atom. The van der Waals surface area contributed by atoms with Gasteiger partial charge in [0.15, 0.2) is 11.5 Å². The Kier molecular flexibility index (Phi) is 6.56. The molecule has 0 radical (unpaired) electrons. The molecule has 8 nitrogen and oxygen atoms in total. The van der Waals surface area contributed by atoms with Gasteiger partial charge in [0.05, 0.1) is 27.0 Å². The van der Waals surface area contributed by atoms with Crippen molar-refractivity contribution in [2.24, 2.45) is 0 Å². The zero-order chi connectivity index (χ0) is 21.7. The summed E-state index contributed by atoms with van der Waals surface area (Å²) >= 11 is 0. The second-order valence-electron chi connectivity index (χ2n) is 6.71. The topological polar surface area (TPSA) is 88.4 Å². The molecule has 0 aliphatic rings. The number of pyridine rings is 1. The highest BCUT2D eigenvalue weighted by molar-refractivity contribution is 5.70. The van der Waals surface area contributed by atoms with Gasteiger partial charge in [0.1, 0.15) is 12.3 Å². The van der Waals surface area contributed by atoms with Crippen molar-refractivity contribution in [2.45, 2.75) is 26.4 Å². The summed E-state index contributed by atoms with van der Waals surface area (Å²) in [4.78, 5) is 28.8. The van der Waals surface area contributed by atoms with Crippen molar-refractivity contribution in [1.82, 2.24) is 9.38 Å². The van der Waals surface area contributed by atoms with Crippen molar-refractivity contribution in [2.75, 3.05) is 21.3 Å². The second-order valence-corrected chi connectivity index (χ2v) is 6.71. The molecule has 0 spiro atoms. The van der Waals surface area contributed by atoms with Crippen LogP contribution in [-0.4, -0.2) is 36.7 Å². The van der Waals surface area contributed by atoms with Crippen LogP contribution in [0.2, 0.25) is 0 Å². The van der Waals surface area contributed by atoms with E-state index in [1.165, 1.54) is 31.8 Å². The summed E-state index contributed by atoms with van der Waals surface area (Å²) in [7, 11) is 4.61. The molecular formula is C22H24N2O6. The Morgan fingerprint density at radius 2 is 1.73 bits per heavy atom. The van der Waals surface area contributed by atoms with Crippen LogP contribution < -0.4 is 19.8 Å². The Hall–Kier alpha value is -3.55. The Labute approximate surface area is 174 Å². The number of aryl methyl sites for hydroxylation is 2. The van der Waals surface area contributed by atoms with E-state index in [2.05, 4.69) is 4.98 Å². The quantitative estimate of drug-likeness (QED) is 0.526. The number of esters is 1. The predicted molar refractivity (Wildman–Crippen MR) is 110 cm³/mol. The van der Waals surface area contributed by atoms with Crippen LogP contribution in [-0.2, 0) is 22.6 Å². The van der Waals surface area contributed by atoms with Crippen LogP contribution >= 0.6 is 0 Å². The van der Waals surface area contributed by atoms with E-state index in [0.29, 0.717) is 35.0 Å². The maximum Gasteiger partial charge on any atom is 0.306 e. The SMILES string of the molecule is COc1cc(CCC(=O)OCc2cc(=O)n3cc(C)ccc3n2)cc(OC)c1OC. The number of rotatable bonds is 8. The Balaban J connectivity index is 1.64. The van der Waals surface area contributed by atoms with Gasteiger partial charge in [-0.1, -0.05) is 6.07 Å². The third kappa shape index (κ3) is 4.71. The standard InChI is InChI=1S/C22H24N2O6/c1-14-5-7-19-23-16(11-20(25)24(19)12-14)13-30-21(26)8-6-15-9-17(27-2)22(29-4)18(10-15)28-3/h5,7,9-12H,6,8,13H2,1-4H3. The molecule has 0 bridgehead atoms. The normalized spacial score (nSPS) is 10.7. The maximum atomic E-state index is 12.2. The molecule has 0 saturated carbocycles. The third-order valence-electron chi connectivity index (χ3n) is 4.58. The van der Waals surface area contributed by atoms with E-state index < -0.39 is 5.97 Å². The highest BCUT2D eigenvalue weighted by atomic mass is 16.5. The van der Waals surface area contributed by atoms with E-state index in [4.69, 9.17) is 18.9 Å². The van der Waals surface area contributed by atoms with Gasteiger partial charge in [-0.3, -0.25) is 14.0 Å². The molecule has 0 atom stereocenters. The molecule has 1 aromatic carbocycles. The lowest BCUT2D eigenvalue weighted by atomic mass is 10.1. The largest absolute Gasteiger partial charge is 0.493 e. The van der Waals surface area contributed by atoms with Crippen molar-refractivity contribution in [1.29, 1.82) is 0 Å². The first-order valence-corrected chi connectivity index (χ1v) is 9.38. The van der Waals surface area contributed by atoms with Gasteiger partial charge < -0.3 is 18.9 Å². The van der Waals surface area contributed by atoms with Gasteiger partial charge in [-0.2, -0.15) is 0 Å². The van der Waals surface area contributed by atoms with Crippen LogP contribution in [0.1, 0.15) is 23.2 Å². The number of carbonyl (C=O) groups is 1. The monoisotopic (exact) mass is 412 g/mol. The van der Waals surface area contributed by atoms with Gasteiger partial charge in [-0.25, -0.2) is 4.98 Å². The molecular weight excluding hydrogens is 388 g/mol. The highest BCUT2D eigenvalue weighted by Gasteiger charge is 2.14. The fraction of sp³-hybridized carbons (Fsp3) is 0.318. The molecule has 0 aliphatic carbocycles. The Bertz CT molecular complexity index is 1100. The number of hydrogen-bond donors (Lipinski definition) is 0. The zero-order valence-corrected chi connectivity index (χ0v) is 17.4. The Morgan fingerprint density at radius 3 is 2.37 bits per heavy atom. The minimum atomic E-state index is -0.394. The number of benzene rings is 1. The molecule has 2 heterocycles. The van der Waals surface area contributed by atoms with Crippen molar-refractivity contribution in [3.63, 3.8) is 0 Å². The number of ether oxygens (including phenoxy) is 4. The molecule has 3 rings (SSSR count). The summed E-state index contributed by atoms with van der Waals surface area (Å²) in [6, 6.07) is 8.59. The van der Waals surface area contributed by atoms with Gasteiger partial charge in [0, 0.05) is 18.7 Å². The van der Waals surface area contributed by atoms with Crippen LogP contribution in [0, 0.1) is 6.92 Å². The minimum Gasteiger partial charge on any atom is -0.493 e. The fourth-order valence-corrected chi connectivity index (χ4v) is 3.08. The smallest absolute Gasteiger partial charge is 0.306 e. The summed E-state index contributed by atoms with van der Waals surface area (Å²) in [5, 5.41) is 0. The van der Waals surface area contributed by atoms with Crippen LogP contribution in [0.4, 0.5) is 0 Å². The minimum absolute atomic E-state index is 0.0618. The lowest BCUT2D eigenvalue weighted by Crippen LogP contribution is -2.17. The molecule has 0 fully saturated rings. The molecule has 2 aromatic heterocycles. The average molecular weight is 412 g/mol. The summed E-state index contributed by atoms with van der Waals surface area (Å²) in [5.41, 5.74) is 2.50. The fourth-order valence-electron chi connectivity index (χ4n) is 3.08. The number of hydrogen-bond acceptors (Lipinski definition) is 7. The average Bonchev–Trinajstić information content (AvgIpc) is 2.75. The molecule has 0 amide bonds. The maximum absolute atomic E-state index is 12.2. The number of aromatic nitrogens is 2. The van der Waals surface area contributed by atoms with Crippen LogP contribution in [0.15, 0.2) is 41.3 Å². The summed E-state index contributed by atoms with van der Waals surface area (Å²) in [6.45, 7) is 1.84. The number of carbonyl (C=O) groups excluding carboxylic acids is 1. The summed E-state index contributed by atoms with van der Waals surface area (Å²) in [5.74, 6) is 1.15. The number of fused-ring (bicyclic) bond motifs is 1. The van der Waals surface area contributed by atoms with Crippen molar-refractivity contribution < 1.29 is 23.7 Å².